The molecule has 1 atom stereocenters. The van der Waals surface area contributed by atoms with Crippen LogP contribution < -0.4 is 25.8 Å². The number of pyridine rings is 1. The highest BCUT2D eigenvalue weighted by Crippen LogP contribution is 2.27. The number of nitrogens with zero attached hydrogens (tertiary/aromatic N) is 3. The summed E-state index contributed by atoms with van der Waals surface area (Å²) in [7, 11) is 3.02. The van der Waals surface area contributed by atoms with Crippen LogP contribution in [-0.4, -0.2) is 47.7 Å². The molecule has 1 aromatic carbocycles. The second-order valence-electron chi connectivity index (χ2n) is 6.58. The van der Waals surface area contributed by atoms with Gasteiger partial charge < -0.3 is 25.8 Å². The van der Waals surface area contributed by atoms with Crippen LogP contribution in [0.2, 0.25) is 0 Å². The SMILES string of the molecule is COc1ccc(NC(=O)c2ccc(NC[C@H](C)N)c3cnc(OC)nc23)c(C)n1. The lowest BCUT2D eigenvalue weighted by molar-refractivity contribution is 0.102. The Kier molecular flexibility index (Phi) is 6.08. The molecule has 152 valence electrons. The molecule has 3 rings (SSSR count). The zero-order chi connectivity index (χ0) is 21.0. The van der Waals surface area contributed by atoms with E-state index >= 15 is 0 Å². The molecule has 0 saturated carbocycles. The van der Waals surface area contributed by atoms with Crippen LogP contribution in [0.3, 0.4) is 0 Å². The molecular formula is C20H24N6O3. The molecule has 3 aromatic rings. The van der Waals surface area contributed by atoms with Crippen LogP contribution in [0, 0.1) is 6.92 Å². The van der Waals surface area contributed by atoms with E-state index < -0.39 is 0 Å². The van der Waals surface area contributed by atoms with Crippen molar-refractivity contribution in [2.45, 2.75) is 19.9 Å². The molecule has 0 aliphatic heterocycles. The fourth-order valence-electron chi connectivity index (χ4n) is 2.78. The Morgan fingerprint density at radius 1 is 1.14 bits per heavy atom. The van der Waals surface area contributed by atoms with Crippen molar-refractivity contribution in [3.05, 3.63) is 41.7 Å². The molecule has 0 unspecified atom stereocenters. The van der Waals surface area contributed by atoms with Crippen LogP contribution in [-0.2, 0) is 0 Å². The summed E-state index contributed by atoms with van der Waals surface area (Å²) in [6.45, 7) is 4.27. The van der Waals surface area contributed by atoms with E-state index in [2.05, 4.69) is 25.6 Å². The smallest absolute Gasteiger partial charge is 0.316 e. The lowest BCUT2D eigenvalue weighted by Crippen LogP contribution is -2.25. The van der Waals surface area contributed by atoms with Gasteiger partial charge in [-0.15, -0.1) is 0 Å². The number of amides is 1. The van der Waals surface area contributed by atoms with E-state index in [4.69, 9.17) is 15.2 Å². The van der Waals surface area contributed by atoms with E-state index in [1.165, 1.54) is 7.11 Å². The van der Waals surface area contributed by atoms with Crippen molar-refractivity contribution in [2.75, 3.05) is 31.4 Å². The highest BCUT2D eigenvalue weighted by molar-refractivity contribution is 6.13. The standard InChI is InChI=1S/C20H24N6O3/c1-11(21)9-22-16-6-5-13(18-14(16)10-23-20(26-18)29-4)19(27)25-15-7-8-17(28-3)24-12(15)2/h5-8,10-11,22H,9,21H2,1-4H3,(H,25,27)/t11-/m0/s1. The summed E-state index contributed by atoms with van der Waals surface area (Å²) >= 11 is 0. The molecule has 1 amide bonds. The molecule has 2 heterocycles. The number of nitrogens with two attached hydrogens (primary N) is 1. The van der Waals surface area contributed by atoms with E-state index in [0.29, 0.717) is 40.3 Å². The van der Waals surface area contributed by atoms with Crippen molar-refractivity contribution in [2.24, 2.45) is 5.73 Å². The summed E-state index contributed by atoms with van der Waals surface area (Å²) in [6.07, 6.45) is 1.63. The average molecular weight is 396 g/mol. The third-order valence-electron chi connectivity index (χ3n) is 4.29. The van der Waals surface area contributed by atoms with E-state index in [1.54, 1.807) is 38.4 Å². The summed E-state index contributed by atoms with van der Waals surface area (Å²) < 4.78 is 10.2. The summed E-state index contributed by atoms with van der Waals surface area (Å²) in [4.78, 5) is 25.8. The van der Waals surface area contributed by atoms with Crippen LogP contribution in [0.4, 0.5) is 11.4 Å². The molecule has 0 bridgehead atoms. The van der Waals surface area contributed by atoms with Gasteiger partial charge in [0.15, 0.2) is 0 Å². The molecule has 0 aliphatic carbocycles. The Balaban J connectivity index is 1.99. The first-order valence-corrected chi connectivity index (χ1v) is 9.09. The average Bonchev–Trinajstić information content (AvgIpc) is 2.72. The maximum absolute atomic E-state index is 13.0. The second-order valence-corrected chi connectivity index (χ2v) is 6.58. The number of aromatic nitrogens is 3. The van der Waals surface area contributed by atoms with Gasteiger partial charge in [-0.3, -0.25) is 4.79 Å². The van der Waals surface area contributed by atoms with Gasteiger partial charge in [-0.25, -0.2) is 9.97 Å². The quantitative estimate of drug-likeness (QED) is 0.556. The zero-order valence-corrected chi connectivity index (χ0v) is 16.8. The predicted molar refractivity (Wildman–Crippen MR) is 112 cm³/mol. The predicted octanol–water partition coefficient (Wildman–Crippen LogP) is 2.36. The van der Waals surface area contributed by atoms with Crippen LogP contribution in [0.1, 0.15) is 23.0 Å². The normalized spacial score (nSPS) is 11.8. The van der Waals surface area contributed by atoms with Crippen molar-refractivity contribution >= 4 is 28.2 Å². The van der Waals surface area contributed by atoms with Gasteiger partial charge in [-0.2, -0.15) is 4.98 Å². The number of hydrogen-bond acceptors (Lipinski definition) is 8. The summed E-state index contributed by atoms with van der Waals surface area (Å²) in [6, 6.07) is 7.10. The van der Waals surface area contributed by atoms with Crippen LogP contribution in [0.15, 0.2) is 30.5 Å². The van der Waals surface area contributed by atoms with E-state index in [0.717, 1.165) is 5.69 Å². The Morgan fingerprint density at radius 3 is 2.55 bits per heavy atom. The second kappa shape index (κ2) is 8.70. The van der Waals surface area contributed by atoms with E-state index in [1.807, 2.05) is 13.0 Å². The first kappa shape index (κ1) is 20.3. The van der Waals surface area contributed by atoms with Crippen molar-refractivity contribution in [3.63, 3.8) is 0 Å². The third kappa shape index (κ3) is 4.52. The lowest BCUT2D eigenvalue weighted by Gasteiger charge is -2.14. The van der Waals surface area contributed by atoms with Crippen LogP contribution in [0.25, 0.3) is 10.9 Å². The number of nitrogens with one attached hydrogen (secondary N) is 2. The molecular weight excluding hydrogens is 372 g/mol. The summed E-state index contributed by atoms with van der Waals surface area (Å²) in [5, 5.41) is 6.84. The van der Waals surface area contributed by atoms with Crippen molar-refractivity contribution in [1.29, 1.82) is 0 Å². The number of ether oxygens (including phenoxy) is 2. The highest BCUT2D eigenvalue weighted by atomic mass is 16.5. The summed E-state index contributed by atoms with van der Waals surface area (Å²) in [5.41, 5.74) is 8.72. The first-order valence-electron chi connectivity index (χ1n) is 9.09. The maximum Gasteiger partial charge on any atom is 0.316 e. The minimum absolute atomic E-state index is 0.0299. The number of benzene rings is 1. The third-order valence-corrected chi connectivity index (χ3v) is 4.29. The van der Waals surface area contributed by atoms with Crippen molar-refractivity contribution in [3.8, 4) is 11.9 Å². The number of methoxy groups -OCH3 is 2. The van der Waals surface area contributed by atoms with Gasteiger partial charge in [0, 0.05) is 35.9 Å². The number of rotatable bonds is 7. The molecule has 9 nitrogen and oxygen atoms in total. The minimum atomic E-state index is -0.315. The largest absolute Gasteiger partial charge is 0.481 e. The monoisotopic (exact) mass is 396 g/mol. The lowest BCUT2D eigenvalue weighted by atomic mass is 10.1. The Bertz CT molecular complexity index is 1040. The van der Waals surface area contributed by atoms with Gasteiger partial charge in [0.1, 0.15) is 0 Å². The van der Waals surface area contributed by atoms with Crippen LogP contribution in [0.5, 0.6) is 11.9 Å². The fourth-order valence-corrected chi connectivity index (χ4v) is 2.78. The van der Waals surface area contributed by atoms with Gasteiger partial charge in [-0.05, 0) is 32.0 Å². The number of anilines is 2. The van der Waals surface area contributed by atoms with E-state index in [-0.39, 0.29) is 18.0 Å². The summed E-state index contributed by atoms with van der Waals surface area (Å²) in [5.74, 6) is 0.164. The van der Waals surface area contributed by atoms with Crippen molar-refractivity contribution in [1.82, 2.24) is 15.0 Å². The van der Waals surface area contributed by atoms with Gasteiger partial charge >= 0.3 is 6.01 Å². The minimum Gasteiger partial charge on any atom is -0.481 e. The molecule has 0 saturated heterocycles. The Labute approximate surface area is 168 Å². The first-order chi connectivity index (χ1) is 13.9. The molecule has 9 heteroatoms. The zero-order valence-electron chi connectivity index (χ0n) is 16.8. The molecule has 29 heavy (non-hydrogen) atoms. The molecule has 0 spiro atoms. The fraction of sp³-hybridized carbons (Fsp3) is 0.300. The Morgan fingerprint density at radius 2 is 1.90 bits per heavy atom. The Hall–Kier alpha value is -3.46. The molecule has 0 radical (unpaired) electrons. The number of carbonyl (C=O) groups excluding carboxylic acids is 1. The van der Waals surface area contributed by atoms with E-state index in [9.17, 15) is 4.79 Å². The number of carbonyl (C=O) groups is 1. The maximum atomic E-state index is 13.0. The number of hydrogen-bond donors (Lipinski definition) is 3. The molecule has 0 fully saturated rings. The van der Waals surface area contributed by atoms with Gasteiger partial charge in [0.25, 0.3) is 5.91 Å². The van der Waals surface area contributed by atoms with Crippen LogP contribution >= 0.6 is 0 Å². The number of fused-ring (bicyclic) bond motifs is 1. The number of aryl methyl sites for hydroxylation is 1. The van der Waals surface area contributed by atoms with Crippen molar-refractivity contribution < 1.29 is 14.3 Å². The molecule has 2 aromatic heterocycles. The van der Waals surface area contributed by atoms with Gasteiger partial charge in [-0.1, -0.05) is 0 Å². The molecule has 0 aliphatic rings. The van der Waals surface area contributed by atoms with Gasteiger partial charge in [0.2, 0.25) is 5.88 Å². The topological polar surface area (TPSA) is 124 Å². The van der Waals surface area contributed by atoms with Gasteiger partial charge in [0.05, 0.1) is 36.7 Å². The molecule has 4 N–H and O–H groups in total. The highest BCUT2D eigenvalue weighted by Gasteiger charge is 2.17.